The summed E-state index contributed by atoms with van der Waals surface area (Å²) in [6, 6.07) is 12.1. The molecule has 0 saturated heterocycles. The fraction of sp³-hybridized carbons (Fsp3) is 0.476. The van der Waals surface area contributed by atoms with Crippen LogP contribution in [0.3, 0.4) is 0 Å². The van der Waals surface area contributed by atoms with Gasteiger partial charge in [-0.2, -0.15) is 0 Å². The van der Waals surface area contributed by atoms with Crippen LogP contribution >= 0.6 is 0 Å². The van der Waals surface area contributed by atoms with Gasteiger partial charge in [0.2, 0.25) is 0 Å². The normalized spacial score (nSPS) is 16.5. The van der Waals surface area contributed by atoms with E-state index in [9.17, 15) is 4.79 Å². The Hall–Kier alpha value is -2.43. The molecule has 1 heterocycles. The van der Waals surface area contributed by atoms with E-state index in [1.54, 1.807) is 6.07 Å². The second-order valence-electron chi connectivity index (χ2n) is 7.12. The number of nitrogens with one attached hydrogen (secondary N) is 2. The van der Waals surface area contributed by atoms with Crippen molar-refractivity contribution in [3.05, 3.63) is 53.5 Å². The van der Waals surface area contributed by atoms with Crippen molar-refractivity contribution in [3.8, 4) is 0 Å². The van der Waals surface area contributed by atoms with E-state index in [0.29, 0.717) is 17.6 Å². The minimum Gasteiger partial charge on any atom is -0.367 e. The van der Waals surface area contributed by atoms with Crippen LogP contribution in [-0.4, -0.2) is 21.9 Å². The standard InChI is InChI=1S/C21H28N4O/c1-15(17-10-6-5-7-11-17)22-21(26)19-14-20(24-16(2)23-19)25-18-12-8-3-4-9-13-18/h5-7,10-11,14-15,18H,3-4,8-9,12-13H2,1-2H3,(H,22,26)(H,23,24,25). The van der Waals surface area contributed by atoms with Crippen LogP contribution in [0.25, 0.3) is 0 Å². The first kappa shape index (κ1) is 18.4. The second kappa shape index (κ2) is 8.79. The Morgan fingerprint density at radius 2 is 1.77 bits per heavy atom. The summed E-state index contributed by atoms with van der Waals surface area (Å²) in [7, 11) is 0. The van der Waals surface area contributed by atoms with Crippen LogP contribution in [0.1, 0.15) is 73.4 Å². The van der Waals surface area contributed by atoms with Gasteiger partial charge >= 0.3 is 0 Å². The summed E-state index contributed by atoms with van der Waals surface area (Å²) >= 11 is 0. The maximum atomic E-state index is 12.7. The molecule has 2 aromatic rings. The summed E-state index contributed by atoms with van der Waals surface area (Å²) in [5, 5.41) is 6.53. The lowest BCUT2D eigenvalue weighted by Gasteiger charge is -2.18. The molecule has 26 heavy (non-hydrogen) atoms. The van der Waals surface area contributed by atoms with Crippen molar-refractivity contribution in [3.63, 3.8) is 0 Å². The van der Waals surface area contributed by atoms with E-state index in [-0.39, 0.29) is 11.9 Å². The van der Waals surface area contributed by atoms with Crippen LogP contribution in [-0.2, 0) is 0 Å². The quantitative estimate of drug-likeness (QED) is 0.782. The topological polar surface area (TPSA) is 66.9 Å². The summed E-state index contributed by atoms with van der Waals surface area (Å²) < 4.78 is 0. The van der Waals surface area contributed by atoms with E-state index in [1.807, 2.05) is 44.2 Å². The van der Waals surface area contributed by atoms with Gasteiger partial charge in [0.25, 0.3) is 5.91 Å². The largest absolute Gasteiger partial charge is 0.367 e. The van der Waals surface area contributed by atoms with Crippen LogP contribution in [0.2, 0.25) is 0 Å². The zero-order valence-corrected chi connectivity index (χ0v) is 15.7. The van der Waals surface area contributed by atoms with Gasteiger partial charge in [0.1, 0.15) is 17.3 Å². The zero-order chi connectivity index (χ0) is 18.4. The molecule has 0 spiro atoms. The maximum absolute atomic E-state index is 12.7. The van der Waals surface area contributed by atoms with E-state index in [0.717, 1.165) is 24.2 Å². The molecule has 1 amide bonds. The minimum atomic E-state index is -0.171. The third kappa shape index (κ3) is 5.04. The first-order valence-corrected chi connectivity index (χ1v) is 9.60. The average molecular weight is 352 g/mol. The summed E-state index contributed by atoms with van der Waals surface area (Å²) in [4.78, 5) is 21.5. The highest BCUT2D eigenvalue weighted by molar-refractivity contribution is 5.93. The number of hydrogen-bond donors (Lipinski definition) is 2. The lowest BCUT2D eigenvalue weighted by atomic mass is 10.1. The molecule has 1 atom stereocenters. The zero-order valence-electron chi connectivity index (χ0n) is 15.7. The molecule has 1 unspecified atom stereocenters. The number of carbonyl (C=O) groups excluding carboxylic acids is 1. The Bertz CT molecular complexity index is 724. The Kier molecular flexibility index (Phi) is 6.21. The van der Waals surface area contributed by atoms with E-state index in [1.165, 1.54) is 25.7 Å². The third-order valence-electron chi connectivity index (χ3n) is 4.92. The lowest BCUT2D eigenvalue weighted by molar-refractivity contribution is 0.0934. The number of rotatable bonds is 5. The predicted octanol–water partition coefficient (Wildman–Crippen LogP) is 4.41. The predicted molar refractivity (Wildman–Crippen MR) is 104 cm³/mol. The number of anilines is 1. The number of aryl methyl sites for hydroxylation is 1. The fourth-order valence-corrected chi connectivity index (χ4v) is 3.49. The van der Waals surface area contributed by atoms with Crippen LogP contribution in [0.5, 0.6) is 0 Å². The Balaban J connectivity index is 1.69. The molecule has 5 nitrogen and oxygen atoms in total. The van der Waals surface area contributed by atoms with E-state index in [2.05, 4.69) is 20.6 Å². The number of benzene rings is 1. The second-order valence-corrected chi connectivity index (χ2v) is 7.12. The van der Waals surface area contributed by atoms with E-state index in [4.69, 9.17) is 0 Å². The highest BCUT2D eigenvalue weighted by Gasteiger charge is 2.17. The highest BCUT2D eigenvalue weighted by atomic mass is 16.1. The van der Waals surface area contributed by atoms with Crippen molar-refractivity contribution >= 4 is 11.7 Å². The van der Waals surface area contributed by atoms with Gasteiger partial charge in [0.15, 0.2) is 0 Å². The summed E-state index contributed by atoms with van der Waals surface area (Å²) in [6.07, 6.45) is 7.45. The number of nitrogens with zero attached hydrogens (tertiary/aromatic N) is 2. The summed E-state index contributed by atoms with van der Waals surface area (Å²) in [5.41, 5.74) is 1.49. The number of aromatic nitrogens is 2. The van der Waals surface area contributed by atoms with Crippen molar-refractivity contribution in [1.82, 2.24) is 15.3 Å². The first-order valence-electron chi connectivity index (χ1n) is 9.60. The molecule has 5 heteroatoms. The monoisotopic (exact) mass is 352 g/mol. The number of hydrogen-bond acceptors (Lipinski definition) is 4. The van der Waals surface area contributed by atoms with Gasteiger partial charge in [-0.1, -0.05) is 56.0 Å². The molecule has 1 saturated carbocycles. The van der Waals surface area contributed by atoms with Crippen LogP contribution in [0.4, 0.5) is 5.82 Å². The number of carbonyl (C=O) groups is 1. The molecule has 1 aliphatic rings. The fourth-order valence-electron chi connectivity index (χ4n) is 3.49. The maximum Gasteiger partial charge on any atom is 0.270 e. The molecule has 0 radical (unpaired) electrons. The Labute approximate surface area is 155 Å². The molecular formula is C21H28N4O. The molecule has 2 N–H and O–H groups in total. The summed E-state index contributed by atoms with van der Waals surface area (Å²) in [6.45, 7) is 3.81. The molecule has 1 aliphatic carbocycles. The van der Waals surface area contributed by atoms with Gasteiger partial charge in [0.05, 0.1) is 6.04 Å². The van der Waals surface area contributed by atoms with Gasteiger partial charge in [-0.25, -0.2) is 9.97 Å². The highest BCUT2D eigenvalue weighted by Crippen LogP contribution is 2.21. The molecule has 0 bridgehead atoms. The first-order chi connectivity index (χ1) is 12.6. The summed E-state index contributed by atoms with van der Waals surface area (Å²) in [5.74, 6) is 1.19. The smallest absolute Gasteiger partial charge is 0.270 e. The van der Waals surface area contributed by atoms with Gasteiger partial charge in [0, 0.05) is 12.1 Å². The van der Waals surface area contributed by atoms with Crippen molar-refractivity contribution in [2.24, 2.45) is 0 Å². The minimum absolute atomic E-state index is 0.0720. The van der Waals surface area contributed by atoms with Gasteiger partial charge in [-0.15, -0.1) is 0 Å². The molecule has 1 aromatic heterocycles. The lowest BCUT2D eigenvalue weighted by Crippen LogP contribution is -2.28. The van der Waals surface area contributed by atoms with Crippen molar-refractivity contribution in [2.45, 2.75) is 64.5 Å². The molecule has 3 rings (SSSR count). The Morgan fingerprint density at radius 1 is 1.08 bits per heavy atom. The SMILES string of the molecule is Cc1nc(NC2CCCCCC2)cc(C(=O)NC(C)c2ccccc2)n1. The van der Waals surface area contributed by atoms with E-state index >= 15 is 0 Å². The number of amides is 1. The molecule has 1 aromatic carbocycles. The molecule has 0 aliphatic heterocycles. The van der Waals surface area contributed by atoms with Crippen LogP contribution < -0.4 is 10.6 Å². The van der Waals surface area contributed by atoms with E-state index < -0.39 is 0 Å². The van der Waals surface area contributed by atoms with Gasteiger partial charge in [-0.05, 0) is 32.3 Å². The van der Waals surface area contributed by atoms with Crippen molar-refractivity contribution in [1.29, 1.82) is 0 Å². The van der Waals surface area contributed by atoms with Crippen LogP contribution in [0.15, 0.2) is 36.4 Å². The van der Waals surface area contributed by atoms with Crippen molar-refractivity contribution in [2.75, 3.05) is 5.32 Å². The Morgan fingerprint density at radius 3 is 2.46 bits per heavy atom. The molecule has 1 fully saturated rings. The average Bonchev–Trinajstić information content (AvgIpc) is 2.90. The molecule has 138 valence electrons. The van der Waals surface area contributed by atoms with Gasteiger partial charge in [-0.3, -0.25) is 4.79 Å². The molecular weight excluding hydrogens is 324 g/mol. The van der Waals surface area contributed by atoms with Gasteiger partial charge < -0.3 is 10.6 Å². The van der Waals surface area contributed by atoms with Crippen molar-refractivity contribution < 1.29 is 4.79 Å². The third-order valence-corrected chi connectivity index (χ3v) is 4.92. The van der Waals surface area contributed by atoms with Crippen LogP contribution in [0, 0.1) is 6.92 Å².